The molecule has 0 fully saturated rings. The maximum Gasteiger partial charge on any atom is 0.263 e. The van der Waals surface area contributed by atoms with Crippen LogP contribution in [-0.2, 0) is 6.54 Å². The summed E-state index contributed by atoms with van der Waals surface area (Å²) >= 11 is 0. The molecule has 0 radical (unpaired) electrons. The van der Waals surface area contributed by atoms with Gasteiger partial charge in [0, 0.05) is 29.8 Å². The van der Waals surface area contributed by atoms with Crippen LogP contribution in [0.15, 0.2) is 55.5 Å². The summed E-state index contributed by atoms with van der Waals surface area (Å²) < 4.78 is 29.0. The van der Waals surface area contributed by atoms with E-state index in [-0.39, 0.29) is 18.0 Å². The minimum absolute atomic E-state index is 0. The fourth-order valence-corrected chi connectivity index (χ4v) is 1.97. The number of halogens is 3. The molecule has 0 unspecified atom stereocenters. The van der Waals surface area contributed by atoms with Gasteiger partial charge in [-0.3, -0.25) is 0 Å². The average molecular weight is 311 g/mol. The van der Waals surface area contributed by atoms with Gasteiger partial charge in [-0.1, -0.05) is 12.1 Å². The maximum atomic E-state index is 12.7. The van der Waals surface area contributed by atoms with Crippen LogP contribution in [0.25, 0.3) is 5.69 Å². The predicted octanol–water partition coefficient (Wildman–Crippen LogP) is 3.48. The normalized spacial score (nSPS) is 10.6. The Morgan fingerprint density at radius 2 is 2.05 bits per heavy atom. The second-order valence-corrected chi connectivity index (χ2v) is 4.40. The van der Waals surface area contributed by atoms with Gasteiger partial charge in [-0.05, 0) is 12.1 Å². The van der Waals surface area contributed by atoms with Crippen molar-refractivity contribution in [3.05, 3.63) is 66.8 Å². The summed E-state index contributed by atoms with van der Waals surface area (Å²) in [6, 6.07) is 6.27. The number of rotatable bonds is 4. The molecular formula is C14H13ClF2N4. The lowest BCUT2D eigenvalue weighted by molar-refractivity contribution is 0.151. The van der Waals surface area contributed by atoms with Crippen LogP contribution in [0.1, 0.15) is 17.7 Å². The number of alkyl halides is 2. The zero-order valence-electron chi connectivity index (χ0n) is 10.9. The molecule has 3 rings (SSSR count). The van der Waals surface area contributed by atoms with Crippen molar-refractivity contribution in [2.75, 3.05) is 0 Å². The van der Waals surface area contributed by atoms with E-state index < -0.39 is 6.43 Å². The molecule has 0 amide bonds. The number of hydrogen-bond acceptors (Lipinski definition) is 2. The summed E-state index contributed by atoms with van der Waals surface area (Å²) in [5, 5.41) is 0. The highest BCUT2D eigenvalue weighted by Crippen LogP contribution is 2.21. The molecular weight excluding hydrogens is 298 g/mol. The van der Waals surface area contributed by atoms with E-state index in [4.69, 9.17) is 0 Å². The molecule has 0 atom stereocenters. The van der Waals surface area contributed by atoms with E-state index in [9.17, 15) is 8.78 Å². The van der Waals surface area contributed by atoms with Gasteiger partial charge in [0.2, 0.25) is 0 Å². The van der Waals surface area contributed by atoms with Crippen LogP contribution in [-0.4, -0.2) is 19.1 Å². The molecule has 4 nitrogen and oxygen atoms in total. The number of hydrogen-bond donors (Lipinski definition) is 0. The molecule has 3 aromatic rings. The Kier molecular flexibility index (Phi) is 4.70. The third kappa shape index (κ3) is 3.46. The third-order valence-electron chi connectivity index (χ3n) is 2.96. The van der Waals surface area contributed by atoms with Gasteiger partial charge in [0.1, 0.15) is 0 Å². The van der Waals surface area contributed by atoms with Crippen molar-refractivity contribution in [1.29, 1.82) is 0 Å². The fourth-order valence-electron chi connectivity index (χ4n) is 1.97. The van der Waals surface area contributed by atoms with Crippen LogP contribution in [0, 0.1) is 0 Å². The van der Waals surface area contributed by atoms with E-state index in [1.807, 2.05) is 17.0 Å². The Hall–Kier alpha value is -2.21. The van der Waals surface area contributed by atoms with Gasteiger partial charge >= 0.3 is 0 Å². The Labute approximate surface area is 126 Å². The largest absolute Gasteiger partial charge is 0.331 e. The van der Waals surface area contributed by atoms with Gasteiger partial charge in [0.25, 0.3) is 6.43 Å². The zero-order chi connectivity index (χ0) is 13.9. The summed E-state index contributed by atoms with van der Waals surface area (Å²) in [4.78, 5) is 8.23. The van der Waals surface area contributed by atoms with E-state index in [0.29, 0.717) is 12.2 Å². The van der Waals surface area contributed by atoms with E-state index >= 15 is 0 Å². The van der Waals surface area contributed by atoms with Gasteiger partial charge in [-0.2, -0.15) is 0 Å². The Balaban J connectivity index is 0.00000161. The van der Waals surface area contributed by atoms with Gasteiger partial charge < -0.3 is 9.13 Å². The summed E-state index contributed by atoms with van der Waals surface area (Å²) in [6.07, 6.45) is 6.22. The van der Waals surface area contributed by atoms with E-state index in [1.54, 1.807) is 35.6 Å². The van der Waals surface area contributed by atoms with Crippen molar-refractivity contribution in [1.82, 2.24) is 19.1 Å². The first-order chi connectivity index (χ1) is 9.72. The lowest BCUT2D eigenvalue weighted by Gasteiger charge is -2.05. The first-order valence-corrected chi connectivity index (χ1v) is 6.09. The molecule has 0 N–H and O–H groups in total. The zero-order valence-corrected chi connectivity index (χ0v) is 11.8. The second-order valence-electron chi connectivity index (χ2n) is 4.40. The van der Waals surface area contributed by atoms with Gasteiger partial charge in [0.05, 0.1) is 24.9 Å². The Bertz CT molecular complexity index is 695. The quantitative estimate of drug-likeness (QED) is 0.739. The van der Waals surface area contributed by atoms with E-state index in [1.165, 1.54) is 12.1 Å². The van der Waals surface area contributed by atoms with Gasteiger partial charge in [-0.15, -0.1) is 12.4 Å². The first kappa shape index (κ1) is 15.2. The summed E-state index contributed by atoms with van der Waals surface area (Å²) in [5.41, 5.74) is 1.52. The molecule has 21 heavy (non-hydrogen) atoms. The van der Waals surface area contributed by atoms with E-state index in [0.717, 1.165) is 5.69 Å². The van der Waals surface area contributed by atoms with E-state index in [2.05, 4.69) is 9.97 Å². The second kappa shape index (κ2) is 6.49. The molecule has 0 saturated carbocycles. The molecule has 0 aliphatic rings. The topological polar surface area (TPSA) is 35.6 Å². The van der Waals surface area contributed by atoms with Crippen molar-refractivity contribution in [2.24, 2.45) is 0 Å². The number of imidazole rings is 2. The highest BCUT2D eigenvalue weighted by atomic mass is 35.5. The van der Waals surface area contributed by atoms with Crippen LogP contribution in [0.4, 0.5) is 8.78 Å². The van der Waals surface area contributed by atoms with Crippen molar-refractivity contribution < 1.29 is 8.78 Å². The Morgan fingerprint density at radius 1 is 1.19 bits per heavy atom. The highest BCUT2D eigenvalue weighted by Gasteiger charge is 2.08. The molecule has 0 aliphatic heterocycles. The number of aromatic nitrogens is 4. The lowest BCUT2D eigenvalue weighted by Crippen LogP contribution is -1.96. The first-order valence-electron chi connectivity index (χ1n) is 6.09. The van der Waals surface area contributed by atoms with Gasteiger partial charge in [-0.25, -0.2) is 18.7 Å². The SMILES string of the molecule is Cl.FC(F)c1cccc(-n2cnc(Cn3ccnc3)c2)c1. The van der Waals surface area contributed by atoms with Crippen LogP contribution >= 0.6 is 12.4 Å². The Morgan fingerprint density at radius 3 is 2.76 bits per heavy atom. The minimum atomic E-state index is -2.47. The van der Waals surface area contributed by atoms with Crippen molar-refractivity contribution in [3.8, 4) is 5.69 Å². The van der Waals surface area contributed by atoms with Crippen LogP contribution in [0.5, 0.6) is 0 Å². The fraction of sp³-hybridized carbons (Fsp3) is 0.143. The van der Waals surface area contributed by atoms with Crippen molar-refractivity contribution in [3.63, 3.8) is 0 Å². The number of benzene rings is 1. The van der Waals surface area contributed by atoms with Crippen LogP contribution in [0.2, 0.25) is 0 Å². The standard InChI is InChI=1S/C14H12F2N4.ClH/c15-14(16)11-2-1-3-13(6-11)20-8-12(18-10-20)7-19-5-4-17-9-19;/h1-6,8-10,14H,7H2;1H. The molecule has 2 aromatic heterocycles. The molecule has 2 heterocycles. The molecule has 1 aromatic carbocycles. The monoisotopic (exact) mass is 310 g/mol. The predicted molar refractivity (Wildman–Crippen MR) is 77.1 cm³/mol. The summed E-state index contributed by atoms with van der Waals surface area (Å²) in [7, 11) is 0. The highest BCUT2D eigenvalue weighted by molar-refractivity contribution is 5.85. The molecule has 7 heteroatoms. The lowest BCUT2D eigenvalue weighted by atomic mass is 10.2. The molecule has 0 bridgehead atoms. The maximum absolute atomic E-state index is 12.7. The third-order valence-corrected chi connectivity index (χ3v) is 2.96. The minimum Gasteiger partial charge on any atom is -0.331 e. The molecule has 0 saturated heterocycles. The van der Waals surface area contributed by atoms with Crippen LogP contribution in [0.3, 0.4) is 0 Å². The molecule has 0 aliphatic carbocycles. The molecule has 0 spiro atoms. The average Bonchev–Trinajstić information content (AvgIpc) is 3.11. The number of nitrogens with zero attached hydrogens (tertiary/aromatic N) is 4. The van der Waals surface area contributed by atoms with Crippen LogP contribution < -0.4 is 0 Å². The summed E-state index contributed by atoms with van der Waals surface area (Å²) in [5.74, 6) is 0. The molecule has 110 valence electrons. The smallest absolute Gasteiger partial charge is 0.263 e. The van der Waals surface area contributed by atoms with Crippen molar-refractivity contribution in [2.45, 2.75) is 13.0 Å². The van der Waals surface area contributed by atoms with Crippen molar-refractivity contribution >= 4 is 12.4 Å². The van der Waals surface area contributed by atoms with Gasteiger partial charge in [0.15, 0.2) is 0 Å². The summed E-state index contributed by atoms with van der Waals surface area (Å²) in [6.45, 7) is 0.599.